The molecule has 2 aromatic rings. The predicted octanol–water partition coefficient (Wildman–Crippen LogP) is 2.39. The van der Waals surface area contributed by atoms with Gasteiger partial charge in [0.15, 0.2) is 4.77 Å². The van der Waals surface area contributed by atoms with Crippen molar-refractivity contribution in [3.05, 3.63) is 27.4 Å². The number of hydrogen-bond acceptors (Lipinski definition) is 3. The summed E-state index contributed by atoms with van der Waals surface area (Å²) in [7, 11) is 1.50. The van der Waals surface area contributed by atoms with Gasteiger partial charge in [0, 0.05) is 11.5 Å². The van der Waals surface area contributed by atoms with Crippen LogP contribution in [0.5, 0.6) is 0 Å². The van der Waals surface area contributed by atoms with Crippen LogP contribution in [0.25, 0.3) is 11.0 Å². The lowest BCUT2D eigenvalue weighted by atomic mass is 10.2. The molecule has 0 aliphatic carbocycles. The maximum absolute atomic E-state index is 12.1. The summed E-state index contributed by atoms with van der Waals surface area (Å²) in [6.45, 7) is 0. The molecule has 1 atom stereocenters. The number of imide groups is 1. The van der Waals surface area contributed by atoms with Gasteiger partial charge in [-0.05, 0) is 30.4 Å². The molecular weight excluding hydrogens is 330 g/mol. The van der Waals surface area contributed by atoms with E-state index < -0.39 is 6.04 Å². The number of carbonyl (C=O) groups is 2. The maximum atomic E-state index is 12.1. The summed E-state index contributed by atoms with van der Waals surface area (Å²) in [5, 5.41) is 0. The van der Waals surface area contributed by atoms with Crippen LogP contribution >= 0.6 is 28.1 Å². The third-order valence-corrected chi connectivity index (χ3v) is 4.14. The first kappa shape index (κ1) is 12.6. The first-order chi connectivity index (χ1) is 8.99. The maximum Gasteiger partial charge on any atom is 0.252 e. The molecule has 0 spiro atoms. The van der Waals surface area contributed by atoms with Gasteiger partial charge in [0.2, 0.25) is 5.91 Å². The fourth-order valence-corrected chi connectivity index (χ4v) is 3.03. The molecule has 1 aliphatic rings. The summed E-state index contributed by atoms with van der Waals surface area (Å²) >= 11 is 8.67. The van der Waals surface area contributed by atoms with Crippen molar-refractivity contribution in [3.63, 3.8) is 0 Å². The number of likely N-dealkylation sites (N-methyl/N-ethyl adjacent to an activating group) is 1. The number of carbonyl (C=O) groups excluding carboxylic acids is 2. The number of hydrogen-bond donors (Lipinski definition) is 1. The summed E-state index contributed by atoms with van der Waals surface area (Å²) < 4.78 is 3.07. The Morgan fingerprint density at radius 1 is 1.42 bits per heavy atom. The average molecular weight is 340 g/mol. The number of halogens is 1. The molecule has 0 bridgehead atoms. The number of imidazole rings is 1. The highest BCUT2D eigenvalue weighted by atomic mass is 79.9. The molecule has 2 amide bonds. The minimum absolute atomic E-state index is 0.156. The Hall–Kier alpha value is -1.47. The van der Waals surface area contributed by atoms with Crippen LogP contribution in [-0.4, -0.2) is 33.3 Å². The Labute approximate surface area is 122 Å². The lowest BCUT2D eigenvalue weighted by Crippen LogP contribution is -2.26. The third-order valence-electron chi connectivity index (χ3n) is 3.35. The molecule has 5 nitrogen and oxygen atoms in total. The van der Waals surface area contributed by atoms with Crippen molar-refractivity contribution in [2.24, 2.45) is 0 Å². The fraction of sp³-hybridized carbons (Fsp3) is 0.250. The lowest BCUT2D eigenvalue weighted by Gasteiger charge is -2.11. The zero-order valence-corrected chi connectivity index (χ0v) is 12.4. The van der Waals surface area contributed by atoms with E-state index in [9.17, 15) is 9.59 Å². The third kappa shape index (κ3) is 1.84. The van der Waals surface area contributed by atoms with Crippen molar-refractivity contribution in [2.45, 2.75) is 12.5 Å². The standard InChI is InChI=1S/C12H10BrN3O2S/c1-15-10(17)5-9(11(15)18)16-8-4-6(13)2-3-7(8)14-12(16)19/h2-4,9H,5H2,1H3,(H,14,19). The number of likely N-dealkylation sites (tertiary alicyclic amines) is 1. The van der Waals surface area contributed by atoms with Crippen LogP contribution < -0.4 is 0 Å². The summed E-state index contributed by atoms with van der Waals surface area (Å²) in [6.07, 6.45) is 0.156. The molecule has 1 aromatic heterocycles. The summed E-state index contributed by atoms with van der Waals surface area (Å²) in [5.74, 6) is -0.400. The Bertz CT molecular complexity index is 764. The molecule has 1 unspecified atom stereocenters. The summed E-state index contributed by atoms with van der Waals surface area (Å²) in [5.41, 5.74) is 1.67. The normalized spacial score (nSPS) is 19.7. The van der Waals surface area contributed by atoms with Gasteiger partial charge in [-0.15, -0.1) is 0 Å². The number of nitrogens with zero attached hydrogens (tertiary/aromatic N) is 2. The lowest BCUT2D eigenvalue weighted by molar-refractivity contribution is -0.137. The molecule has 1 N–H and O–H groups in total. The Kier molecular flexibility index (Phi) is 2.83. The van der Waals surface area contributed by atoms with Crippen LogP contribution in [0, 0.1) is 4.77 Å². The van der Waals surface area contributed by atoms with E-state index in [1.54, 1.807) is 4.57 Å². The van der Waals surface area contributed by atoms with Crippen LogP contribution in [0.15, 0.2) is 22.7 Å². The second-order valence-corrected chi connectivity index (χ2v) is 5.77. The number of aromatic nitrogens is 2. The smallest absolute Gasteiger partial charge is 0.252 e. The van der Waals surface area contributed by atoms with Crippen LogP contribution in [0.4, 0.5) is 0 Å². The molecule has 98 valence electrons. The van der Waals surface area contributed by atoms with Crippen molar-refractivity contribution in [1.29, 1.82) is 0 Å². The van der Waals surface area contributed by atoms with Gasteiger partial charge in [-0.1, -0.05) is 15.9 Å². The van der Waals surface area contributed by atoms with Crippen molar-refractivity contribution in [2.75, 3.05) is 7.05 Å². The first-order valence-corrected chi connectivity index (χ1v) is 6.89. The second-order valence-electron chi connectivity index (χ2n) is 4.47. The molecule has 1 fully saturated rings. The van der Waals surface area contributed by atoms with Crippen molar-refractivity contribution < 1.29 is 9.59 Å². The van der Waals surface area contributed by atoms with E-state index >= 15 is 0 Å². The number of nitrogens with one attached hydrogen (secondary N) is 1. The molecular formula is C12H10BrN3O2S. The average Bonchev–Trinajstić information content (AvgIpc) is 2.80. The van der Waals surface area contributed by atoms with Crippen LogP contribution in [0.1, 0.15) is 12.5 Å². The van der Waals surface area contributed by atoms with E-state index in [0.29, 0.717) is 4.77 Å². The van der Waals surface area contributed by atoms with Gasteiger partial charge >= 0.3 is 0 Å². The quantitative estimate of drug-likeness (QED) is 0.641. The molecule has 2 heterocycles. The second kappa shape index (κ2) is 4.28. The van der Waals surface area contributed by atoms with E-state index in [1.165, 1.54) is 7.05 Å². The van der Waals surface area contributed by atoms with Crippen molar-refractivity contribution >= 4 is 51.0 Å². The van der Waals surface area contributed by atoms with Crippen LogP contribution in [0.2, 0.25) is 0 Å². The SMILES string of the molecule is CN1C(=O)CC(n2c(=S)[nH]c3ccc(Br)cc32)C1=O. The van der Waals surface area contributed by atoms with Gasteiger partial charge in [0.25, 0.3) is 5.91 Å². The number of amides is 2. The predicted molar refractivity (Wildman–Crippen MR) is 76.3 cm³/mol. The van der Waals surface area contributed by atoms with Gasteiger partial charge in [0.05, 0.1) is 17.5 Å². The Morgan fingerprint density at radius 2 is 2.16 bits per heavy atom. The molecule has 1 saturated heterocycles. The topological polar surface area (TPSA) is 58.1 Å². The molecule has 0 saturated carbocycles. The van der Waals surface area contributed by atoms with Gasteiger partial charge < -0.3 is 9.55 Å². The van der Waals surface area contributed by atoms with E-state index in [2.05, 4.69) is 20.9 Å². The zero-order valence-electron chi connectivity index (χ0n) is 10.0. The molecule has 1 aliphatic heterocycles. The Balaban J connectivity index is 2.23. The molecule has 7 heteroatoms. The van der Waals surface area contributed by atoms with E-state index in [0.717, 1.165) is 20.4 Å². The van der Waals surface area contributed by atoms with E-state index in [1.807, 2.05) is 18.2 Å². The highest BCUT2D eigenvalue weighted by molar-refractivity contribution is 9.10. The molecule has 0 radical (unpaired) electrons. The first-order valence-electron chi connectivity index (χ1n) is 5.69. The highest BCUT2D eigenvalue weighted by Gasteiger charge is 2.38. The van der Waals surface area contributed by atoms with Crippen LogP contribution in [-0.2, 0) is 9.59 Å². The number of rotatable bonds is 1. The minimum atomic E-state index is -0.548. The molecule has 1 aromatic carbocycles. The number of benzene rings is 1. The Morgan fingerprint density at radius 3 is 2.79 bits per heavy atom. The molecule has 3 rings (SSSR count). The van der Waals surface area contributed by atoms with Gasteiger partial charge in [-0.3, -0.25) is 14.5 Å². The fourth-order valence-electron chi connectivity index (χ4n) is 2.34. The zero-order chi connectivity index (χ0) is 13.7. The number of fused-ring (bicyclic) bond motifs is 1. The van der Waals surface area contributed by atoms with Crippen LogP contribution in [0.3, 0.4) is 0 Å². The largest absolute Gasteiger partial charge is 0.331 e. The van der Waals surface area contributed by atoms with E-state index in [4.69, 9.17) is 12.2 Å². The van der Waals surface area contributed by atoms with Gasteiger partial charge in [-0.2, -0.15) is 0 Å². The minimum Gasteiger partial charge on any atom is -0.331 e. The highest BCUT2D eigenvalue weighted by Crippen LogP contribution is 2.29. The summed E-state index contributed by atoms with van der Waals surface area (Å²) in [4.78, 5) is 28.0. The number of H-pyrrole nitrogens is 1. The molecule has 19 heavy (non-hydrogen) atoms. The van der Waals surface area contributed by atoms with E-state index in [-0.39, 0.29) is 18.2 Å². The van der Waals surface area contributed by atoms with Crippen molar-refractivity contribution in [1.82, 2.24) is 14.5 Å². The van der Waals surface area contributed by atoms with Gasteiger partial charge in [0.1, 0.15) is 6.04 Å². The monoisotopic (exact) mass is 339 g/mol. The summed E-state index contributed by atoms with van der Waals surface area (Å²) in [6, 6.07) is 5.12. The van der Waals surface area contributed by atoms with Crippen molar-refractivity contribution in [3.8, 4) is 0 Å². The van der Waals surface area contributed by atoms with Gasteiger partial charge in [-0.25, -0.2) is 0 Å². The number of aromatic amines is 1.